The van der Waals surface area contributed by atoms with Gasteiger partial charge < -0.3 is 10.2 Å². The van der Waals surface area contributed by atoms with Crippen molar-refractivity contribution in [2.45, 2.75) is 13.1 Å². The number of nitrogens with one attached hydrogen (secondary N) is 2. The van der Waals surface area contributed by atoms with Crippen molar-refractivity contribution in [3.8, 4) is 11.3 Å². The molecule has 1 aliphatic heterocycles. The molecule has 142 valence electrons. The number of hydrogen-bond acceptors (Lipinski definition) is 4. The van der Waals surface area contributed by atoms with Gasteiger partial charge in [0.1, 0.15) is 0 Å². The SMILES string of the molecule is O=C(Nc1ccc(-c2n[nH]c(=O)c3ccccc23)cc1)N1Cc2cccnc2C1. The number of hydrogen-bond donors (Lipinski definition) is 2. The zero-order valence-corrected chi connectivity index (χ0v) is 15.4. The molecule has 0 saturated carbocycles. The minimum atomic E-state index is -0.214. The number of carbonyl (C=O) groups excluding carboxylic acids is 1. The first kappa shape index (κ1) is 17.1. The van der Waals surface area contributed by atoms with E-state index < -0.39 is 0 Å². The van der Waals surface area contributed by atoms with Gasteiger partial charge in [-0.3, -0.25) is 9.78 Å². The summed E-state index contributed by atoms with van der Waals surface area (Å²) in [5, 5.41) is 11.1. The first-order valence-corrected chi connectivity index (χ1v) is 9.25. The van der Waals surface area contributed by atoms with E-state index >= 15 is 0 Å². The molecule has 2 aromatic heterocycles. The summed E-state index contributed by atoms with van der Waals surface area (Å²) in [5.74, 6) is 0. The Labute approximate surface area is 166 Å². The smallest absolute Gasteiger partial charge is 0.314 e. The minimum Gasteiger partial charge on any atom is -0.314 e. The molecule has 7 heteroatoms. The van der Waals surface area contributed by atoms with Gasteiger partial charge >= 0.3 is 6.03 Å². The Morgan fingerprint density at radius 3 is 2.55 bits per heavy atom. The molecule has 2 N–H and O–H groups in total. The fraction of sp³-hybridized carbons (Fsp3) is 0.0909. The maximum Gasteiger partial charge on any atom is 0.322 e. The molecule has 0 bridgehead atoms. The maximum absolute atomic E-state index is 12.6. The summed E-state index contributed by atoms with van der Waals surface area (Å²) in [6, 6.07) is 18.5. The van der Waals surface area contributed by atoms with Crippen molar-refractivity contribution in [2.75, 3.05) is 5.32 Å². The van der Waals surface area contributed by atoms with E-state index in [0.29, 0.717) is 29.9 Å². The second kappa shape index (κ2) is 6.87. The summed E-state index contributed by atoms with van der Waals surface area (Å²) in [6.45, 7) is 1.06. The molecular weight excluding hydrogens is 366 g/mol. The van der Waals surface area contributed by atoms with Gasteiger partial charge in [0.05, 0.1) is 23.3 Å². The number of aromatic amines is 1. The van der Waals surface area contributed by atoms with Crippen molar-refractivity contribution in [1.29, 1.82) is 0 Å². The second-order valence-corrected chi connectivity index (χ2v) is 6.92. The molecule has 0 fully saturated rings. The van der Waals surface area contributed by atoms with Crippen molar-refractivity contribution in [3.05, 3.63) is 88.5 Å². The van der Waals surface area contributed by atoms with Crippen molar-refractivity contribution >= 4 is 22.5 Å². The highest BCUT2D eigenvalue weighted by Crippen LogP contribution is 2.26. The van der Waals surface area contributed by atoms with Crippen LogP contribution in [-0.2, 0) is 13.1 Å². The Hall–Kier alpha value is -4.00. The lowest BCUT2D eigenvalue weighted by Gasteiger charge is -2.16. The Kier molecular flexibility index (Phi) is 4.05. The maximum atomic E-state index is 12.6. The average Bonchev–Trinajstić information content (AvgIpc) is 3.20. The van der Waals surface area contributed by atoms with Crippen molar-refractivity contribution < 1.29 is 4.79 Å². The molecule has 0 atom stereocenters. The van der Waals surface area contributed by atoms with Crippen LogP contribution >= 0.6 is 0 Å². The van der Waals surface area contributed by atoms with Gasteiger partial charge in [-0.1, -0.05) is 36.4 Å². The average molecular weight is 383 g/mol. The molecule has 0 spiro atoms. The van der Waals surface area contributed by atoms with Crippen molar-refractivity contribution in [2.24, 2.45) is 0 Å². The van der Waals surface area contributed by atoms with Gasteiger partial charge in [-0.15, -0.1) is 0 Å². The lowest BCUT2D eigenvalue weighted by Crippen LogP contribution is -2.30. The van der Waals surface area contributed by atoms with Crippen LogP contribution in [0.15, 0.2) is 71.7 Å². The molecule has 29 heavy (non-hydrogen) atoms. The fourth-order valence-electron chi connectivity index (χ4n) is 3.59. The van der Waals surface area contributed by atoms with Gasteiger partial charge in [-0.05, 0) is 29.8 Å². The molecule has 2 amide bonds. The number of aromatic nitrogens is 3. The Balaban J connectivity index is 1.36. The van der Waals surface area contributed by atoms with Crippen LogP contribution in [-0.4, -0.2) is 26.1 Å². The van der Waals surface area contributed by atoms with Gasteiger partial charge in [0.2, 0.25) is 0 Å². The number of amides is 2. The number of H-pyrrole nitrogens is 1. The van der Waals surface area contributed by atoms with E-state index in [9.17, 15) is 9.59 Å². The van der Waals surface area contributed by atoms with E-state index in [-0.39, 0.29) is 11.6 Å². The third-order valence-corrected chi connectivity index (χ3v) is 5.08. The molecule has 1 aliphatic rings. The van der Waals surface area contributed by atoms with E-state index in [1.165, 1.54) is 0 Å². The number of nitrogens with zero attached hydrogens (tertiary/aromatic N) is 3. The minimum absolute atomic E-state index is 0.164. The zero-order valence-electron chi connectivity index (χ0n) is 15.4. The highest BCUT2D eigenvalue weighted by Gasteiger charge is 2.24. The first-order chi connectivity index (χ1) is 14.2. The molecule has 2 aromatic carbocycles. The molecule has 0 aliphatic carbocycles. The summed E-state index contributed by atoms with van der Waals surface area (Å²) >= 11 is 0. The summed E-state index contributed by atoms with van der Waals surface area (Å²) < 4.78 is 0. The summed E-state index contributed by atoms with van der Waals surface area (Å²) in [6.07, 6.45) is 1.74. The third-order valence-electron chi connectivity index (χ3n) is 5.08. The topological polar surface area (TPSA) is 91.0 Å². The van der Waals surface area contributed by atoms with E-state index in [0.717, 1.165) is 22.2 Å². The number of pyridine rings is 1. The molecule has 5 rings (SSSR count). The van der Waals surface area contributed by atoms with Crippen LogP contribution < -0.4 is 10.9 Å². The monoisotopic (exact) mass is 383 g/mol. The number of anilines is 1. The molecular formula is C22H17N5O2. The summed E-state index contributed by atoms with van der Waals surface area (Å²) in [7, 11) is 0. The molecule has 0 saturated heterocycles. The van der Waals surface area contributed by atoms with Crippen molar-refractivity contribution in [3.63, 3.8) is 0 Å². The number of benzene rings is 2. The zero-order chi connectivity index (χ0) is 19.8. The molecule has 0 radical (unpaired) electrons. The first-order valence-electron chi connectivity index (χ1n) is 9.25. The van der Waals surface area contributed by atoms with Crippen LogP contribution in [0.1, 0.15) is 11.3 Å². The van der Waals surface area contributed by atoms with Crippen LogP contribution in [0.2, 0.25) is 0 Å². The predicted molar refractivity (Wildman–Crippen MR) is 110 cm³/mol. The Morgan fingerprint density at radius 1 is 0.966 bits per heavy atom. The lowest BCUT2D eigenvalue weighted by atomic mass is 10.0. The fourth-order valence-corrected chi connectivity index (χ4v) is 3.59. The molecule has 3 heterocycles. The highest BCUT2D eigenvalue weighted by atomic mass is 16.2. The van der Waals surface area contributed by atoms with Crippen LogP contribution in [0, 0.1) is 0 Å². The molecule has 7 nitrogen and oxygen atoms in total. The Bertz CT molecular complexity index is 1260. The van der Waals surface area contributed by atoms with Gasteiger partial charge in [0.15, 0.2) is 0 Å². The quantitative estimate of drug-likeness (QED) is 0.554. The number of urea groups is 1. The molecule has 4 aromatic rings. The van der Waals surface area contributed by atoms with E-state index in [1.54, 1.807) is 17.2 Å². The number of fused-ring (bicyclic) bond motifs is 2. The van der Waals surface area contributed by atoms with Crippen LogP contribution in [0.3, 0.4) is 0 Å². The van der Waals surface area contributed by atoms with Crippen LogP contribution in [0.25, 0.3) is 22.0 Å². The van der Waals surface area contributed by atoms with Gasteiger partial charge in [-0.25, -0.2) is 9.89 Å². The van der Waals surface area contributed by atoms with Gasteiger partial charge in [0.25, 0.3) is 5.56 Å². The van der Waals surface area contributed by atoms with E-state index in [2.05, 4.69) is 20.5 Å². The van der Waals surface area contributed by atoms with Crippen LogP contribution in [0.5, 0.6) is 0 Å². The lowest BCUT2D eigenvalue weighted by molar-refractivity contribution is 0.212. The van der Waals surface area contributed by atoms with Gasteiger partial charge in [0, 0.05) is 29.4 Å². The number of carbonyl (C=O) groups is 1. The van der Waals surface area contributed by atoms with Crippen molar-refractivity contribution in [1.82, 2.24) is 20.1 Å². The van der Waals surface area contributed by atoms with E-state index in [4.69, 9.17) is 0 Å². The van der Waals surface area contributed by atoms with Crippen LogP contribution in [0.4, 0.5) is 10.5 Å². The number of rotatable bonds is 2. The summed E-state index contributed by atoms with van der Waals surface area (Å²) in [5.41, 5.74) is 4.04. The second-order valence-electron chi connectivity index (χ2n) is 6.92. The largest absolute Gasteiger partial charge is 0.322 e. The molecule has 0 unspecified atom stereocenters. The standard InChI is InChI=1S/C22H17N5O2/c28-21-18-6-2-1-5-17(18)20(25-26-21)14-7-9-16(10-8-14)24-22(29)27-12-15-4-3-11-23-19(15)13-27/h1-11H,12-13H2,(H,24,29)(H,26,28). The highest BCUT2D eigenvalue weighted by molar-refractivity contribution is 5.94. The normalized spacial score (nSPS) is 12.8. The Morgan fingerprint density at radius 2 is 1.76 bits per heavy atom. The summed E-state index contributed by atoms with van der Waals surface area (Å²) in [4.78, 5) is 30.6. The predicted octanol–water partition coefficient (Wildman–Crippen LogP) is 3.53. The van der Waals surface area contributed by atoms with E-state index in [1.807, 2.05) is 54.6 Å². The third kappa shape index (κ3) is 3.12. The van der Waals surface area contributed by atoms with Gasteiger partial charge in [-0.2, -0.15) is 5.10 Å².